The summed E-state index contributed by atoms with van der Waals surface area (Å²) in [5.41, 5.74) is 23.3. The molecule has 0 N–H and O–H groups in total. The molecule has 612 valence electrons. The van der Waals surface area contributed by atoms with E-state index in [0.717, 1.165) is 192 Å². The lowest BCUT2D eigenvalue weighted by atomic mass is 10.1. The Bertz CT molecular complexity index is 9460. The van der Waals surface area contributed by atoms with Crippen LogP contribution in [0.15, 0.2) is 409 Å². The average molecular weight is 1690 g/mol. The molecule has 0 bridgehead atoms. The summed E-state index contributed by atoms with van der Waals surface area (Å²) in [6.07, 6.45) is 0. The van der Waals surface area contributed by atoms with Crippen molar-refractivity contribution in [2.45, 2.75) is 0 Å². The van der Waals surface area contributed by atoms with Crippen LogP contribution in [0.25, 0.3) is 255 Å². The molecule has 18 aromatic carbocycles. The average Bonchev–Trinajstić information content (AvgIpc) is 1.55. The maximum Gasteiger partial charge on any atom is 0.238 e. The monoisotopic (exact) mass is 1690 g/mol. The lowest BCUT2D eigenvalue weighted by molar-refractivity contribution is 0.669. The Hall–Kier alpha value is -18.6. The number of aromatic nitrogens is 12. The van der Waals surface area contributed by atoms with Gasteiger partial charge in [-0.25, -0.2) is 9.97 Å². The second-order valence-corrected chi connectivity index (χ2v) is 33.5. The molecule has 132 heavy (non-hydrogen) atoms. The Labute approximate surface area is 750 Å². The first-order chi connectivity index (χ1) is 65.4. The highest BCUT2D eigenvalue weighted by Crippen LogP contribution is 2.47. The van der Waals surface area contributed by atoms with Crippen molar-refractivity contribution in [3.63, 3.8) is 0 Å². The Morgan fingerprint density at radius 1 is 0.182 bits per heavy atom. The molecule has 10 heterocycles. The Morgan fingerprint density at radius 3 is 0.765 bits per heavy atom. The minimum absolute atomic E-state index is 0.468. The van der Waals surface area contributed by atoms with Crippen molar-refractivity contribution < 1.29 is 8.83 Å². The number of nitriles is 2. The van der Waals surface area contributed by atoms with Crippen molar-refractivity contribution in [3.8, 4) is 92.3 Å². The first kappa shape index (κ1) is 73.7. The second-order valence-electron chi connectivity index (χ2n) is 33.5. The fourth-order valence-corrected chi connectivity index (χ4v) is 20.4. The van der Waals surface area contributed by atoms with Gasteiger partial charge in [-0.15, -0.1) is 0 Å². The van der Waals surface area contributed by atoms with Crippen LogP contribution in [-0.4, -0.2) is 57.3 Å². The molecule has 0 aliphatic heterocycles. The molecule has 16 heteroatoms. The maximum absolute atomic E-state index is 11.0. The first-order valence-electron chi connectivity index (χ1n) is 43.8. The summed E-state index contributed by atoms with van der Waals surface area (Å²) >= 11 is 0. The van der Waals surface area contributed by atoms with E-state index in [9.17, 15) is 10.5 Å². The zero-order chi connectivity index (χ0) is 86.9. The Balaban J connectivity index is 0.000000135. The molecule has 0 aliphatic carbocycles. The van der Waals surface area contributed by atoms with Crippen LogP contribution in [0.5, 0.6) is 0 Å². The zero-order valence-electron chi connectivity index (χ0n) is 70.2. The van der Waals surface area contributed by atoms with Gasteiger partial charge in [0.15, 0.2) is 23.3 Å². The third-order valence-electron chi connectivity index (χ3n) is 26.2. The van der Waals surface area contributed by atoms with Crippen LogP contribution in [0, 0.1) is 22.7 Å². The number of furan rings is 2. The van der Waals surface area contributed by atoms with Crippen molar-refractivity contribution >= 4 is 175 Å². The third-order valence-corrected chi connectivity index (χ3v) is 26.2. The molecule has 0 radical (unpaired) electrons. The predicted octanol–water partition coefficient (Wildman–Crippen LogP) is 28.5. The number of nitrogens with zero attached hydrogens (tertiary/aromatic N) is 14. The van der Waals surface area contributed by atoms with E-state index in [1.54, 1.807) is 0 Å². The van der Waals surface area contributed by atoms with Gasteiger partial charge in [0, 0.05) is 138 Å². The molecular weight excluding hydrogens is 1620 g/mol. The molecule has 0 spiro atoms. The van der Waals surface area contributed by atoms with Gasteiger partial charge in [-0.3, -0.25) is 9.13 Å². The normalized spacial score (nSPS) is 11.9. The van der Waals surface area contributed by atoms with Crippen molar-refractivity contribution in [3.05, 3.63) is 412 Å². The molecule has 0 atom stereocenters. The SMILES string of the molecule is N#Cc1cc(-c2nc(-c3ccccc3)nc(-n3c4ccccc4c4ccccc43)n2)ccc1-n1c2ccccc2c2cc3c(cc21)oc1cc2c(cc13)c1ccccc1n2-c1ccccc1.N#Cc1cc(-c2nc(-c3ccccc3)nc(-n3c4ccccc4c4ccccc43)n2)ccc1-n1c2ccccc2c2cc3c(cc21)oc1cc2c4ccccc4n(-c4ccccc4)c2cc13. The van der Waals surface area contributed by atoms with Gasteiger partial charge in [-0.05, 0) is 140 Å². The molecule has 0 aliphatic rings. The predicted molar refractivity (Wildman–Crippen MR) is 531 cm³/mol. The smallest absolute Gasteiger partial charge is 0.238 e. The van der Waals surface area contributed by atoms with Crippen LogP contribution < -0.4 is 0 Å². The van der Waals surface area contributed by atoms with Crippen LogP contribution in [0.4, 0.5) is 0 Å². The fraction of sp³-hybridized carbons (Fsp3) is 0. The Morgan fingerprint density at radius 2 is 0.432 bits per heavy atom. The third kappa shape index (κ3) is 11.2. The number of hydrogen-bond donors (Lipinski definition) is 0. The number of rotatable bonds is 10. The molecule has 28 aromatic rings. The van der Waals surface area contributed by atoms with E-state index >= 15 is 0 Å². The lowest BCUT2D eigenvalue weighted by Gasteiger charge is -2.13. The van der Waals surface area contributed by atoms with E-state index < -0.39 is 0 Å². The van der Waals surface area contributed by atoms with Crippen LogP contribution in [0.3, 0.4) is 0 Å². The minimum Gasteiger partial charge on any atom is -0.456 e. The fourth-order valence-electron chi connectivity index (χ4n) is 20.4. The quantitative estimate of drug-likeness (QED) is 0.128. The lowest BCUT2D eigenvalue weighted by Crippen LogP contribution is -2.06. The summed E-state index contributed by atoms with van der Waals surface area (Å²) in [4.78, 5) is 30.6. The van der Waals surface area contributed by atoms with Gasteiger partial charge in [0.05, 0.1) is 88.7 Å². The standard InChI is InChI=1S/2C58H33N7O/c59-34-37-29-36(57-60-56(35-15-3-1-4-16-35)61-58(62-57)65-50-25-13-7-19-39(50)40-20-8-14-26-51(40)65)27-28-47(37)64-49-24-12-10-21-41(49)43-30-45-46-31-52-44(32-54(46)66-55(45)33-53(43)64)42-22-9-11-23-48(42)63(52)38-17-5-2-6-18-38;59-34-37-29-36(57-60-56(35-15-3-1-4-16-35)61-58(62-57)65-50-25-13-7-19-39(50)40-20-8-14-26-51(40)65)27-28-47(37)64-49-24-12-10-22-42(49)44-31-46-45-30-43-41-21-9-11-23-48(41)63(38-17-5-2-6-18-38)52(43)32-54(45)66-55(46)33-53(44)64/h2*1-33H. The largest absolute Gasteiger partial charge is 0.456 e. The van der Waals surface area contributed by atoms with Crippen molar-refractivity contribution in [1.82, 2.24) is 57.3 Å². The highest BCUT2D eigenvalue weighted by Gasteiger charge is 2.28. The molecule has 16 nitrogen and oxygen atoms in total. The van der Waals surface area contributed by atoms with Crippen LogP contribution in [-0.2, 0) is 0 Å². The first-order valence-corrected chi connectivity index (χ1v) is 43.8. The topological polar surface area (TPSA) is 181 Å². The molecule has 0 fully saturated rings. The van der Waals surface area contributed by atoms with Crippen molar-refractivity contribution in [1.29, 1.82) is 10.5 Å². The number of fused-ring (bicyclic) bond motifs is 24. The molecule has 0 saturated heterocycles. The van der Waals surface area contributed by atoms with Gasteiger partial charge in [-0.2, -0.15) is 30.5 Å². The summed E-state index contributed by atoms with van der Waals surface area (Å²) in [5, 5.41) is 39.6. The van der Waals surface area contributed by atoms with E-state index in [2.05, 4.69) is 300 Å². The molecule has 0 saturated carbocycles. The summed E-state index contributed by atoms with van der Waals surface area (Å²) in [6, 6.07) is 143. The van der Waals surface area contributed by atoms with E-state index in [1.165, 1.54) is 16.2 Å². The van der Waals surface area contributed by atoms with Gasteiger partial charge >= 0.3 is 0 Å². The van der Waals surface area contributed by atoms with Crippen molar-refractivity contribution in [2.24, 2.45) is 0 Å². The van der Waals surface area contributed by atoms with E-state index in [4.69, 9.17) is 38.7 Å². The highest BCUT2D eigenvalue weighted by molar-refractivity contribution is 6.24. The number of benzene rings is 18. The Kier molecular flexibility index (Phi) is 16.2. The van der Waals surface area contributed by atoms with Gasteiger partial charge in [0.25, 0.3) is 0 Å². The molecule has 0 unspecified atom stereocenters. The van der Waals surface area contributed by atoms with Gasteiger partial charge in [0.2, 0.25) is 11.9 Å². The highest BCUT2D eigenvalue weighted by atomic mass is 16.3. The summed E-state index contributed by atoms with van der Waals surface area (Å²) in [7, 11) is 0. The molecular formula is C116H66N14O2. The van der Waals surface area contributed by atoms with Crippen LogP contribution in [0.2, 0.25) is 0 Å². The van der Waals surface area contributed by atoms with Gasteiger partial charge in [-0.1, -0.05) is 243 Å². The number of hydrogen-bond acceptors (Lipinski definition) is 10. The van der Waals surface area contributed by atoms with E-state index in [-0.39, 0.29) is 0 Å². The van der Waals surface area contributed by atoms with Crippen LogP contribution in [0.1, 0.15) is 11.1 Å². The summed E-state index contributed by atoms with van der Waals surface area (Å²) < 4.78 is 26.8. The molecule has 10 aromatic heterocycles. The minimum atomic E-state index is 0.468. The molecule has 0 amide bonds. The van der Waals surface area contributed by atoms with E-state index in [0.29, 0.717) is 57.4 Å². The van der Waals surface area contributed by atoms with E-state index in [1.807, 2.05) is 140 Å². The van der Waals surface area contributed by atoms with Gasteiger partial charge < -0.3 is 27.1 Å². The van der Waals surface area contributed by atoms with Crippen molar-refractivity contribution in [2.75, 3.05) is 0 Å². The van der Waals surface area contributed by atoms with Crippen LogP contribution >= 0.6 is 0 Å². The summed E-state index contributed by atoms with van der Waals surface area (Å²) in [6.45, 7) is 0. The second kappa shape index (κ2) is 29.0. The zero-order valence-corrected chi connectivity index (χ0v) is 70.2. The summed E-state index contributed by atoms with van der Waals surface area (Å²) in [5.74, 6) is 3.02. The van der Waals surface area contributed by atoms with Gasteiger partial charge in [0.1, 0.15) is 34.5 Å². The maximum atomic E-state index is 11.0. The number of para-hydroxylation sites is 10. The molecule has 28 rings (SSSR count).